The number of carbonyl (C=O) groups is 1. The Balaban J connectivity index is 1.69. The molecule has 0 atom stereocenters. The molecule has 1 aromatic carbocycles. The van der Waals surface area contributed by atoms with Gasteiger partial charge in [-0.05, 0) is 23.3 Å². The smallest absolute Gasteiger partial charge is 0.251 e. The van der Waals surface area contributed by atoms with Gasteiger partial charge in [0.1, 0.15) is 12.7 Å². The van der Waals surface area contributed by atoms with Crippen molar-refractivity contribution in [1.82, 2.24) is 25.1 Å². The molecule has 2 heterocycles. The Hall–Kier alpha value is -3.02. The van der Waals surface area contributed by atoms with Crippen LogP contribution in [0.1, 0.15) is 21.5 Å². The number of nitrogens with one attached hydrogen (secondary N) is 1. The van der Waals surface area contributed by atoms with E-state index in [9.17, 15) is 4.79 Å². The molecule has 0 aliphatic heterocycles. The Bertz CT molecular complexity index is 740. The van der Waals surface area contributed by atoms with Crippen molar-refractivity contribution in [3.05, 3.63) is 78.1 Å². The van der Waals surface area contributed by atoms with Crippen LogP contribution in [-0.4, -0.2) is 25.7 Å². The second-order valence-corrected chi connectivity index (χ2v) is 4.78. The molecule has 0 saturated heterocycles. The predicted molar refractivity (Wildman–Crippen MR) is 81.0 cm³/mol. The van der Waals surface area contributed by atoms with E-state index in [2.05, 4.69) is 20.4 Å². The summed E-state index contributed by atoms with van der Waals surface area (Å²) in [6.07, 6.45) is 6.39. The number of hydrogen-bond donors (Lipinski definition) is 1. The molecule has 1 amide bonds. The third kappa shape index (κ3) is 3.35. The molecule has 6 heteroatoms. The van der Waals surface area contributed by atoms with Gasteiger partial charge in [-0.15, -0.1) is 0 Å². The number of amides is 1. The average Bonchev–Trinajstić information content (AvgIpc) is 3.07. The summed E-state index contributed by atoms with van der Waals surface area (Å²) < 4.78 is 1.75. The van der Waals surface area contributed by atoms with E-state index in [-0.39, 0.29) is 5.91 Å². The monoisotopic (exact) mass is 293 g/mol. The van der Waals surface area contributed by atoms with Crippen molar-refractivity contribution < 1.29 is 4.79 Å². The van der Waals surface area contributed by atoms with E-state index in [0.717, 1.165) is 11.1 Å². The molecule has 22 heavy (non-hydrogen) atoms. The first-order valence-electron chi connectivity index (χ1n) is 6.90. The second kappa shape index (κ2) is 6.62. The number of hydrogen-bond acceptors (Lipinski definition) is 4. The fourth-order valence-electron chi connectivity index (χ4n) is 2.15. The lowest BCUT2D eigenvalue weighted by Crippen LogP contribution is -2.23. The van der Waals surface area contributed by atoms with E-state index >= 15 is 0 Å². The van der Waals surface area contributed by atoms with Crippen LogP contribution in [0.2, 0.25) is 0 Å². The van der Waals surface area contributed by atoms with Gasteiger partial charge >= 0.3 is 0 Å². The number of aromatic nitrogens is 4. The van der Waals surface area contributed by atoms with Gasteiger partial charge in [-0.2, -0.15) is 5.10 Å². The van der Waals surface area contributed by atoms with E-state index in [1.807, 2.05) is 24.3 Å². The quantitative estimate of drug-likeness (QED) is 0.776. The molecule has 0 aliphatic rings. The minimum absolute atomic E-state index is 0.113. The topological polar surface area (TPSA) is 72.7 Å². The van der Waals surface area contributed by atoms with Crippen LogP contribution in [0, 0.1) is 0 Å². The van der Waals surface area contributed by atoms with E-state index < -0.39 is 0 Å². The zero-order valence-electron chi connectivity index (χ0n) is 11.9. The Kier molecular flexibility index (Phi) is 4.20. The first-order chi connectivity index (χ1) is 10.8. The first-order valence-corrected chi connectivity index (χ1v) is 6.90. The summed E-state index contributed by atoms with van der Waals surface area (Å²) >= 11 is 0. The molecule has 2 aromatic heterocycles. The van der Waals surface area contributed by atoms with Gasteiger partial charge in [0.05, 0.1) is 6.54 Å². The molecule has 6 nitrogen and oxygen atoms in total. The molecule has 0 aliphatic carbocycles. The SMILES string of the molecule is O=C(NCc1ccccc1Cn1cncn1)c1ccncc1. The van der Waals surface area contributed by atoms with Gasteiger partial charge in [0.25, 0.3) is 5.91 Å². The van der Waals surface area contributed by atoms with Gasteiger partial charge in [-0.3, -0.25) is 9.78 Å². The molecule has 0 radical (unpaired) electrons. The van der Waals surface area contributed by atoms with Gasteiger partial charge < -0.3 is 5.32 Å². The zero-order chi connectivity index (χ0) is 15.2. The second-order valence-electron chi connectivity index (χ2n) is 4.78. The van der Waals surface area contributed by atoms with Gasteiger partial charge in [0.15, 0.2) is 0 Å². The van der Waals surface area contributed by atoms with Crippen LogP contribution in [0.3, 0.4) is 0 Å². The minimum Gasteiger partial charge on any atom is -0.348 e. The fraction of sp³-hybridized carbons (Fsp3) is 0.125. The summed E-state index contributed by atoms with van der Waals surface area (Å²) in [4.78, 5) is 19.9. The molecule has 0 spiro atoms. The summed E-state index contributed by atoms with van der Waals surface area (Å²) in [6, 6.07) is 11.3. The van der Waals surface area contributed by atoms with Crippen molar-refractivity contribution in [3.8, 4) is 0 Å². The van der Waals surface area contributed by atoms with Crippen LogP contribution in [0.25, 0.3) is 0 Å². The van der Waals surface area contributed by atoms with Crippen molar-refractivity contribution in [1.29, 1.82) is 0 Å². The van der Waals surface area contributed by atoms with Crippen LogP contribution in [0.15, 0.2) is 61.4 Å². The predicted octanol–water partition coefficient (Wildman–Crippen LogP) is 1.65. The number of rotatable bonds is 5. The van der Waals surface area contributed by atoms with Crippen LogP contribution in [0.5, 0.6) is 0 Å². The Labute approximate surface area is 127 Å². The summed E-state index contributed by atoms with van der Waals surface area (Å²) in [5.74, 6) is -0.113. The molecular weight excluding hydrogens is 278 g/mol. The highest BCUT2D eigenvalue weighted by atomic mass is 16.1. The van der Waals surface area contributed by atoms with Gasteiger partial charge in [0.2, 0.25) is 0 Å². The maximum Gasteiger partial charge on any atom is 0.251 e. The highest BCUT2D eigenvalue weighted by Crippen LogP contribution is 2.10. The highest BCUT2D eigenvalue weighted by molar-refractivity contribution is 5.93. The molecule has 3 rings (SSSR count). The third-order valence-electron chi connectivity index (χ3n) is 3.30. The van der Waals surface area contributed by atoms with Crippen LogP contribution >= 0.6 is 0 Å². The van der Waals surface area contributed by atoms with Gasteiger partial charge in [0, 0.05) is 24.5 Å². The lowest BCUT2D eigenvalue weighted by Gasteiger charge is -2.10. The minimum atomic E-state index is -0.113. The maximum atomic E-state index is 12.1. The van der Waals surface area contributed by atoms with Crippen molar-refractivity contribution in [2.75, 3.05) is 0 Å². The number of pyridine rings is 1. The number of carbonyl (C=O) groups excluding carboxylic acids is 1. The van der Waals surface area contributed by atoms with Crippen molar-refractivity contribution in [2.45, 2.75) is 13.1 Å². The normalized spacial score (nSPS) is 10.4. The Morgan fingerprint density at radius 3 is 2.55 bits per heavy atom. The lowest BCUT2D eigenvalue weighted by atomic mass is 10.1. The standard InChI is InChI=1S/C16H15N5O/c22-16(13-5-7-17-8-6-13)19-9-14-3-1-2-4-15(14)10-21-12-18-11-20-21/h1-8,11-12H,9-10H2,(H,19,22). The number of benzene rings is 1. The molecule has 1 N–H and O–H groups in total. The van der Waals surface area contributed by atoms with Gasteiger partial charge in [-0.1, -0.05) is 24.3 Å². The zero-order valence-corrected chi connectivity index (χ0v) is 11.9. The first kappa shape index (κ1) is 13.9. The molecule has 0 saturated carbocycles. The maximum absolute atomic E-state index is 12.1. The van der Waals surface area contributed by atoms with Crippen LogP contribution in [0.4, 0.5) is 0 Å². The summed E-state index contributed by atoms with van der Waals surface area (Å²) in [6.45, 7) is 1.09. The Morgan fingerprint density at radius 1 is 1.05 bits per heavy atom. The van der Waals surface area contributed by atoms with E-state index in [1.54, 1.807) is 35.5 Å². The third-order valence-corrected chi connectivity index (χ3v) is 3.30. The molecule has 110 valence electrons. The number of nitrogens with zero attached hydrogens (tertiary/aromatic N) is 4. The largest absolute Gasteiger partial charge is 0.348 e. The Morgan fingerprint density at radius 2 is 1.82 bits per heavy atom. The van der Waals surface area contributed by atoms with E-state index in [4.69, 9.17) is 0 Å². The molecule has 3 aromatic rings. The molecule has 0 bridgehead atoms. The molecular formula is C16H15N5O. The average molecular weight is 293 g/mol. The summed E-state index contributed by atoms with van der Waals surface area (Å²) in [7, 11) is 0. The van der Waals surface area contributed by atoms with Crippen LogP contribution < -0.4 is 5.32 Å². The van der Waals surface area contributed by atoms with Crippen LogP contribution in [-0.2, 0) is 13.1 Å². The van der Waals surface area contributed by atoms with E-state index in [1.165, 1.54) is 6.33 Å². The molecule has 0 fully saturated rings. The van der Waals surface area contributed by atoms with E-state index in [0.29, 0.717) is 18.7 Å². The summed E-state index contributed by atoms with van der Waals surface area (Å²) in [5.41, 5.74) is 2.76. The van der Waals surface area contributed by atoms with Crippen molar-refractivity contribution in [3.63, 3.8) is 0 Å². The molecule has 0 unspecified atom stereocenters. The highest BCUT2D eigenvalue weighted by Gasteiger charge is 2.07. The summed E-state index contributed by atoms with van der Waals surface area (Å²) in [5, 5.41) is 7.03. The lowest BCUT2D eigenvalue weighted by molar-refractivity contribution is 0.0950. The fourth-order valence-corrected chi connectivity index (χ4v) is 2.15. The van der Waals surface area contributed by atoms with Crippen molar-refractivity contribution in [2.24, 2.45) is 0 Å². The van der Waals surface area contributed by atoms with Gasteiger partial charge in [-0.25, -0.2) is 9.67 Å². The van der Waals surface area contributed by atoms with Crippen molar-refractivity contribution >= 4 is 5.91 Å².